The molecule has 6 nitrogen and oxygen atoms in total. The molecule has 2 aromatic rings. The van der Waals surface area contributed by atoms with Crippen molar-refractivity contribution in [2.45, 2.75) is 24.7 Å². The van der Waals surface area contributed by atoms with Crippen LogP contribution >= 0.6 is 23.2 Å². The summed E-state index contributed by atoms with van der Waals surface area (Å²) in [6.45, 7) is 3.36. The highest BCUT2D eigenvalue weighted by atomic mass is 35.5. The van der Waals surface area contributed by atoms with Gasteiger partial charge in [0.2, 0.25) is 0 Å². The summed E-state index contributed by atoms with van der Waals surface area (Å²) in [6, 6.07) is 11.1. The molecule has 9 heteroatoms. The first kappa shape index (κ1) is 20.5. The molecule has 0 aliphatic rings. The summed E-state index contributed by atoms with van der Waals surface area (Å²) in [4.78, 5) is 11.7. The number of anilines is 1. The minimum Gasteiger partial charge on any atom is -0.293 e. The number of hydrogen-bond donors (Lipinski definition) is 2. The Morgan fingerprint density at radius 2 is 1.85 bits per heavy atom. The minimum atomic E-state index is -4.17. The lowest BCUT2D eigenvalue weighted by Crippen LogP contribution is -2.43. The molecule has 0 spiro atoms. The van der Waals surface area contributed by atoms with E-state index in [9.17, 15) is 13.2 Å². The molecular formula is C17H19Cl2N3O3S. The number of carbonyl (C=O) groups excluding carboxylic acids is 1. The molecule has 0 aliphatic carbocycles. The molecule has 26 heavy (non-hydrogen) atoms. The number of rotatable bonds is 6. The van der Waals surface area contributed by atoms with Crippen molar-refractivity contribution in [2.24, 2.45) is 5.84 Å². The molecule has 0 fully saturated rings. The summed E-state index contributed by atoms with van der Waals surface area (Å²) in [6.07, 6.45) is 0. The van der Waals surface area contributed by atoms with Crippen LogP contribution < -0.4 is 15.6 Å². The standard InChI is InChI=1S/C17H19Cl2N3O3S/c1-11(2)13-5-3-4-6-15(13)22(10-17(23)21-20)26(24,25)16-9-12(18)7-8-14(16)19/h3-9,11H,10,20H2,1-2H3,(H,21,23). The minimum absolute atomic E-state index is 0.00887. The number of sulfonamides is 1. The van der Waals surface area contributed by atoms with Crippen molar-refractivity contribution in [3.8, 4) is 0 Å². The van der Waals surface area contributed by atoms with Crippen LogP contribution in [0.1, 0.15) is 25.3 Å². The van der Waals surface area contributed by atoms with Crippen LogP contribution in [-0.2, 0) is 14.8 Å². The van der Waals surface area contributed by atoms with Crippen molar-refractivity contribution in [1.29, 1.82) is 0 Å². The molecular weight excluding hydrogens is 397 g/mol. The largest absolute Gasteiger partial charge is 0.293 e. The van der Waals surface area contributed by atoms with Gasteiger partial charge in [0, 0.05) is 5.02 Å². The van der Waals surface area contributed by atoms with Crippen molar-refractivity contribution in [2.75, 3.05) is 10.8 Å². The number of halogens is 2. The second kappa shape index (κ2) is 8.26. The third kappa shape index (κ3) is 4.29. The Morgan fingerprint density at radius 3 is 2.46 bits per heavy atom. The molecule has 2 rings (SSSR count). The monoisotopic (exact) mass is 415 g/mol. The molecule has 0 bridgehead atoms. The average molecular weight is 416 g/mol. The van der Waals surface area contributed by atoms with Crippen LogP contribution in [-0.4, -0.2) is 20.9 Å². The zero-order valence-electron chi connectivity index (χ0n) is 14.2. The van der Waals surface area contributed by atoms with Gasteiger partial charge < -0.3 is 0 Å². The number of amides is 1. The molecule has 0 saturated carbocycles. The third-order valence-electron chi connectivity index (χ3n) is 3.74. The number of nitrogens with one attached hydrogen (secondary N) is 1. The Kier molecular flexibility index (Phi) is 6.52. The smallest absolute Gasteiger partial charge is 0.266 e. The highest BCUT2D eigenvalue weighted by Gasteiger charge is 2.31. The first-order valence-electron chi connectivity index (χ1n) is 7.74. The predicted octanol–water partition coefficient (Wildman–Crippen LogP) is 3.30. The Bertz CT molecular complexity index is 917. The van der Waals surface area contributed by atoms with Gasteiger partial charge in [-0.2, -0.15) is 0 Å². The van der Waals surface area contributed by atoms with Gasteiger partial charge in [-0.05, 0) is 35.7 Å². The van der Waals surface area contributed by atoms with Crippen LogP contribution in [0.3, 0.4) is 0 Å². The van der Waals surface area contributed by atoms with Gasteiger partial charge in [0.05, 0.1) is 10.7 Å². The van der Waals surface area contributed by atoms with E-state index in [1.807, 2.05) is 25.3 Å². The van der Waals surface area contributed by atoms with E-state index < -0.39 is 22.5 Å². The van der Waals surface area contributed by atoms with Gasteiger partial charge in [-0.25, -0.2) is 14.3 Å². The second-order valence-electron chi connectivity index (χ2n) is 5.87. The average Bonchev–Trinajstić information content (AvgIpc) is 2.61. The molecule has 0 heterocycles. The summed E-state index contributed by atoms with van der Waals surface area (Å²) in [5.74, 6) is 4.53. The molecule has 0 radical (unpaired) electrons. The first-order valence-corrected chi connectivity index (χ1v) is 9.94. The van der Waals surface area contributed by atoms with Crippen molar-refractivity contribution in [3.05, 3.63) is 58.1 Å². The molecule has 140 valence electrons. The second-order valence-corrected chi connectivity index (χ2v) is 8.54. The SMILES string of the molecule is CC(C)c1ccccc1N(CC(=O)NN)S(=O)(=O)c1cc(Cl)ccc1Cl. The summed E-state index contributed by atoms with van der Waals surface area (Å²) < 4.78 is 27.6. The van der Waals surface area contributed by atoms with Gasteiger partial charge in [-0.1, -0.05) is 55.2 Å². The Labute approximate surface area is 162 Å². The van der Waals surface area contributed by atoms with Crippen molar-refractivity contribution in [3.63, 3.8) is 0 Å². The molecule has 0 atom stereocenters. The number of benzene rings is 2. The van der Waals surface area contributed by atoms with Crippen molar-refractivity contribution in [1.82, 2.24) is 5.43 Å². The summed E-state index contributed by atoms with van der Waals surface area (Å²) >= 11 is 12.0. The van der Waals surface area contributed by atoms with E-state index in [0.717, 1.165) is 9.87 Å². The fourth-order valence-corrected chi connectivity index (χ4v) is 4.66. The van der Waals surface area contributed by atoms with Crippen LogP contribution in [0.15, 0.2) is 47.4 Å². The van der Waals surface area contributed by atoms with Gasteiger partial charge in [-0.15, -0.1) is 0 Å². The van der Waals surface area contributed by atoms with Crippen LogP contribution in [0.25, 0.3) is 0 Å². The molecule has 0 aliphatic heterocycles. The molecule has 1 amide bonds. The van der Waals surface area contributed by atoms with E-state index in [0.29, 0.717) is 5.69 Å². The molecule has 0 unspecified atom stereocenters. The van der Waals surface area contributed by atoms with E-state index in [2.05, 4.69) is 0 Å². The van der Waals surface area contributed by atoms with Crippen LogP contribution in [0.5, 0.6) is 0 Å². The van der Waals surface area contributed by atoms with E-state index in [1.165, 1.54) is 18.2 Å². The predicted molar refractivity (Wildman–Crippen MR) is 104 cm³/mol. The van der Waals surface area contributed by atoms with Gasteiger partial charge in [0.1, 0.15) is 11.4 Å². The van der Waals surface area contributed by atoms with Crippen molar-refractivity contribution < 1.29 is 13.2 Å². The summed E-state index contributed by atoms with van der Waals surface area (Å²) in [5.41, 5.74) is 3.10. The lowest BCUT2D eigenvalue weighted by atomic mass is 10.0. The lowest BCUT2D eigenvalue weighted by molar-refractivity contribution is -0.119. The quantitative estimate of drug-likeness (QED) is 0.429. The maximum atomic E-state index is 13.3. The van der Waals surface area contributed by atoms with E-state index in [4.69, 9.17) is 29.0 Å². The summed E-state index contributed by atoms with van der Waals surface area (Å²) in [5, 5.41) is 0.225. The first-order chi connectivity index (χ1) is 12.2. The highest BCUT2D eigenvalue weighted by molar-refractivity contribution is 7.93. The Balaban J connectivity index is 2.69. The topological polar surface area (TPSA) is 92.5 Å². The number of para-hydroxylation sites is 1. The Morgan fingerprint density at radius 1 is 1.19 bits per heavy atom. The van der Waals surface area contributed by atoms with Crippen LogP contribution in [0, 0.1) is 0 Å². The third-order valence-corrected chi connectivity index (χ3v) is 6.21. The zero-order valence-corrected chi connectivity index (χ0v) is 16.6. The van der Waals surface area contributed by atoms with Gasteiger partial charge in [0.15, 0.2) is 0 Å². The molecule has 3 N–H and O–H groups in total. The van der Waals surface area contributed by atoms with Crippen LogP contribution in [0.4, 0.5) is 5.69 Å². The number of nitrogens with zero attached hydrogens (tertiary/aromatic N) is 1. The normalized spacial score (nSPS) is 11.5. The molecule has 0 aromatic heterocycles. The summed E-state index contributed by atoms with van der Waals surface area (Å²) in [7, 11) is -4.17. The van der Waals surface area contributed by atoms with E-state index in [1.54, 1.807) is 18.2 Å². The fourth-order valence-electron chi connectivity index (χ4n) is 2.47. The maximum Gasteiger partial charge on any atom is 0.266 e. The lowest BCUT2D eigenvalue weighted by Gasteiger charge is -2.27. The van der Waals surface area contributed by atoms with Gasteiger partial charge in [0.25, 0.3) is 15.9 Å². The number of nitrogens with two attached hydrogens (primary N) is 1. The molecule has 0 saturated heterocycles. The fraction of sp³-hybridized carbons (Fsp3) is 0.235. The zero-order chi connectivity index (χ0) is 19.5. The maximum absolute atomic E-state index is 13.3. The number of carbonyl (C=O) groups is 1. The number of hydrazine groups is 1. The van der Waals surface area contributed by atoms with Crippen LogP contribution in [0.2, 0.25) is 10.0 Å². The van der Waals surface area contributed by atoms with Crippen molar-refractivity contribution >= 4 is 44.8 Å². The highest BCUT2D eigenvalue weighted by Crippen LogP contribution is 2.34. The Hall–Kier alpha value is -1.80. The van der Waals surface area contributed by atoms with Gasteiger partial charge in [-0.3, -0.25) is 14.5 Å². The molecule has 2 aromatic carbocycles. The van der Waals surface area contributed by atoms with E-state index in [-0.39, 0.29) is 20.9 Å². The number of hydrogen-bond acceptors (Lipinski definition) is 4. The van der Waals surface area contributed by atoms with E-state index >= 15 is 0 Å². The van der Waals surface area contributed by atoms with Gasteiger partial charge >= 0.3 is 0 Å².